The molecule has 4 rings (SSSR count). The molecule has 10 nitrogen and oxygen atoms in total. The lowest BCUT2D eigenvalue weighted by Gasteiger charge is -2.29. The van der Waals surface area contributed by atoms with E-state index in [4.69, 9.17) is 23.9 Å². The summed E-state index contributed by atoms with van der Waals surface area (Å²) >= 11 is 0. The minimum Gasteiger partial charge on any atom is -0.497 e. The number of rotatable bonds is 21. The van der Waals surface area contributed by atoms with Gasteiger partial charge in [-0.15, -0.1) is 0 Å². The fourth-order valence-corrected chi connectivity index (χ4v) is 6.87. The standard InChI is InChI=1S/C46H60N4O6/c1-11-14-17-20-33(5)49(7)40-25-34(41(54-9)27-38(40)44(51)47-13-3)21-18-15-16-19-24-56-43-28-39-37(26-42(43)55-10)45(52)50-30-35(29-46(50,6)31-48-39)32(4)22-23-36(12-2)53-8/h12-14,17,22-23,25-28,30-31,33H,3-4,11,15-16,18-21,24,29H2,1-2,5-10H3,(H,47,51)/b17-14-,23-22-,36-12+. The minimum atomic E-state index is -0.644. The van der Waals surface area contributed by atoms with Gasteiger partial charge in [0.15, 0.2) is 11.5 Å². The van der Waals surface area contributed by atoms with Crippen molar-refractivity contribution in [1.82, 2.24) is 10.2 Å². The van der Waals surface area contributed by atoms with Crippen LogP contribution in [-0.4, -0.2) is 69.5 Å². The highest BCUT2D eigenvalue weighted by Gasteiger charge is 2.42. The zero-order chi connectivity index (χ0) is 40.8. The first-order valence-electron chi connectivity index (χ1n) is 19.5. The molecule has 2 aromatic carbocycles. The maximum Gasteiger partial charge on any atom is 0.260 e. The highest BCUT2D eigenvalue weighted by Crippen LogP contribution is 2.42. The van der Waals surface area contributed by atoms with Crippen LogP contribution in [0.5, 0.6) is 17.2 Å². The summed E-state index contributed by atoms with van der Waals surface area (Å²) < 4.78 is 23.0. The van der Waals surface area contributed by atoms with Crippen LogP contribution >= 0.6 is 0 Å². The Morgan fingerprint density at radius 1 is 1.05 bits per heavy atom. The number of aryl methyl sites for hydroxylation is 1. The molecule has 0 aromatic heterocycles. The Labute approximate surface area is 333 Å². The van der Waals surface area contributed by atoms with Crippen LogP contribution in [0.3, 0.4) is 0 Å². The average Bonchev–Trinajstić information content (AvgIpc) is 3.52. The fraction of sp³-hybridized carbons (Fsp3) is 0.413. The number of nitrogens with zero attached hydrogens (tertiary/aromatic N) is 3. The van der Waals surface area contributed by atoms with E-state index in [1.165, 1.54) is 6.20 Å². The van der Waals surface area contributed by atoms with Gasteiger partial charge in [0.2, 0.25) is 0 Å². The number of ether oxygens (including phenoxy) is 4. The highest BCUT2D eigenvalue weighted by molar-refractivity contribution is 6.05. The number of unbranched alkanes of at least 4 members (excludes halogenated alkanes) is 3. The number of aliphatic imine (C=N–C) groups is 1. The quantitative estimate of drug-likeness (QED) is 0.0585. The lowest BCUT2D eigenvalue weighted by molar-refractivity contribution is 0.0763. The van der Waals surface area contributed by atoms with E-state index in [-0.39, 0.29) is 17.9 Å². The van der Waals surface area contributed by atoms with Crippen molar-refractivity contribution in [3.8, 4) is 17.2 Å². The molecule has 10 heteroatoms. The van der Waals surface area contributed by atoms with Gasteiger partial charge in [-0.05, 0) is 106 Å². The summed E-state index contributed by atoms with van der Waals surface area (Å²) in [5.74, 6) is 2.09. The van der Waals surface area contributed by atoms with Crippen LogP contribution < -0.4 is 24.4 Å². The molecule has 1 N–H and O–H groups in total. The number of allylic oxidation sites excluding steroid dienone is 5. The van der Waals surface area contributed by atoms with Gasteiger partial charge in [0, 0.05) is 38.0 Å². The molecule has 0 saturated heterocycles. The van der Waals surface area contributed by atoms with Gasteiger partial charge in [-0.25, -0.2) is 0 Å². The molecular weight excluding hydrogens is 705 g/mol. The Hall–Kier alpha value is -5.51. The van der Waals surface area contributed by atoms with Gasteiger partial charge in [-0.2, -0.15) is 0 Å². The number of nitrogens with one attached hydrogen (secondary N) is 1. The van der Waals surface area contributed by atoms with Gasteiger partial charge < -0.3 is 34.1 Å². The molecule has 56 heavy (non-hydrogen) atoms. The first-order valence-corrected chi connectivity index (χ1v) is 19.5. The lowest BCUT2D eigenvalue weighted by Crippen LogP contribution is -2.43. The summed E-state index contributed by atoms with van der Waals surface area (Å²) in [6.07, 6.45) is 22.1. The van der Waals surface area contributed by atoms with E-state index in [2.05, 4.69) is 55.4 Å². The van der Waals surface area contributed by atoms with Crippen LogP contribution in [0.2, 0.25) is 0 Å². The Balaban J connectivity index is 1.38. The van der Waals surface area contributed by atoms with E-state index in [9.17, 15) is 9.59 Å². The summed E-state index contributed by atoms with van der Waals surface area (Å²) in [5, 5.41) is 2.73. The Morgan fingerprint density at radius 3 is 2.48 bits per heavy atom. The third-order valence-electron chi connectivity index (χ3n) is 10.4. The SMILES string of the molecule is C=CNC(=O)c1cc(OC)c(CCCCCCOc2cc3c(cc2OC)C(=O)N2C=C(C(=C)/C=C\C(=C/C)OC)CC2(C)C=N3)cc1N(C)C(C)C/C=C\CC. The molecule has 2 aromatic rings. The van der Waals surface area contributed by atoms with E-state index < -0.39 is 5.54 Å². The van der Waals surface area contributed by atoms with Gasteiger partial charge in [-0.3, -0.25) is 14.6 Å². The first kappa shape index (κ1) is 43.2. The van der Waals surface area contributed by atoms with E-state index in [1.54, 1.807) is 38.4 Å². The average molecular weight is 765 g/mol. The molecule has 0 aliphatic carbocycles. The zero-order valence-corrected chi connectivity index (χ0v) is 34.6. The molecule has 0 fully saturated rings. The summed E-state index contributed by atoms with van der Waals surface area (Å²) in [4.78, 5) is 35.6. The maximum absolute atomic E-state index is 13.9. The molecule has 0 saturated carbocycles. The number of hydrogen-bond acceptors (Lipinski definition) is 8. The van der Waals surface area contributed by atoms with Crippen LogP contribution in [0.15, 0.2) is 102 Å². The molecule has 2 heterocycles. The second-order valence-corrected chi connectivity index (χ2v) is 14.3. The molecule has 2 atom stereocenters. The Bertz CT molecular complexity index is 1910. The van der Waals surface area contributed by atoms with Gasteiger partial charge in [-0.1, -0.05) is 51.2 Å². The van der Waals surface area contributed by atoms with Crippen LogP contribution in [-0.2, 0) is 11.2 Å². The third kappa shape index (κ3) is 10.4. The first-order chi connectivity index (χ1) is 26.9. The number of fused-ring (bicyclic) bond motifs is 2. The van der Waals surface area contributed by atoms with E-state index >= 15 is 0 Å². The van der Waals surface area contributed by atoms with Crippen LogP contribution in [0.25, 0.3) is 0 Å². The summed E-state index contributed by atoms with van der Waals surface area (Å²) in [6.45, 7) is 16.6. The smallest absolute Gasteiger partial charge is 0.260 e. The zero-order valence-electron chi connectivity index (χ0n) is 34.6. The van der Waals surface area contributed by atoms with Crippen LogP contribution in [0.4, 0.5) is 11.4 Å². The van der Waals surface area contributed by atoms with Gasteiger partial charge in [0.05, 0.1) is 56.0 Å². The molecule has 2 unspecified atom stereocenters. The second kappa shape index (κ2) is 20.4. The molecular formula is C46H60N4O6. The predicted octanol–water partition coefficient (Wildman–Crippen LogP) is 9.81. The van der Waals surface area contributed by atoms with Crippen molar-refractivity contribution < 1.29 is 28.5 Å². The number of carbonyl (C=O) groups excluding carboxylic acids is 2. The van der Waals surface area contributed by atoms with Crippen LogP contribution in [0, 0.1) is 0 Å². The molecule has 0 spiro atoms. The maximum atomic E-state index is 13.9. The second-order valence-electron chi connectivity index (χ2n) is 14.3. The molecule has 0 bridgehead atoms. The number of carbonyl (C=O) groups is 2. The van der Waals surface area contributed by atoms with Gasteiger partial charge >= 0.3 is 0 Å². The number of anilines is 1. The minimum absolute atomic E-state index is 0.161. The molecule has 2 amide bonds. The van der Waals surface area contributed by atoms with Crippen LogP contribution in [0.1, 0.15) is 98.9 Å². The molecule has 2 aliphatic rings. The third-order valence-corrected chi connectivity index (χ3v) is 10.4. The molecule has 300 valence electrons. The van der Waals surface area contributed by atoms with Crippen molar-refractivity contribution in [3.63, 3.8) is 0 Å². The highest BCUT2D eigenvalue weighted by atomic mass is 16.5. The normalized spacial score (nSPS) is 16.9. The van der Waals surface area contributed by atoms with Gasteiger partial charge in [0.25, 0.3) is 11.8 Å². The fourth-order valence-electron chi connectivity index (χ4n) is 6.87. The molecule has 2 aliphatic heterocycles. The summed E-state index contributed by atoms with van der Waals surface area (Å²) in [5.41, 5.74) is 4.59. The Kier molecular flexibility index (Phi) is 15.8. The molecule has 0 radical (unpaired) electrons. The van der Waals surface area contributed by atoms with Crippen molar-refractivity contribution in [3.05, 3.63) is 114 Å². The van der Waals surface area contributed by atoms with Crippen molar-refractivity contribution >= 4 is 29.4 Å². The van der Waals surface area contributed by atoms with E-state index in [1.807, 2.05) is 57.6 Å². The monoisotopic (exact) mass is 764 g/mol. The summed E-state index contributed by atoms with van der Waals surface area (Å²) in [7, 11) is 6.87. The van der Waals surface area contributed by atoms with Crippen molar-refractivity contribution in [1.29, 1.82) is 0 Å². The lowest BCUT2D eigenvalue weighted by atomic mass is 9.94. The van der Waals surface area contributed by atoms with Gasteiger partial charge in [0.1, 0.15) is 11.5 Å². The topological polar surface area (TPSA) is 102 Å². The summed E-state index contributed by atoms with van der Waals surface area (Å²) in [6, 6.07) is 7.65. The van der Waals surface area contributed by atoms with E-state index in [0.29, 0.717) is 47.1 Å². The van der Waals surface area contributed by atoms with E-state index in [0.717, 1.165) is 73.1 Å². The number of benzene rings is 2. The number of methoxy groups -OCH3 is 3. The van der Waals surface area contributed by atoms with Crippen molar-refractivity contribution in [2.75, 3.05) is 39.9 Å². The van der Waals surface area contributed by atoms with Crippen molar-refractivity contribution in [2.24, 2.45) is 4.99 Å². The largest absolute Gasteiger partial charge is 0.497 e. The predicted molar refractivity (Wildman–Crippen MR) is 228 cm³/mol. The Morgan fingerprint density at radius 2 is 1.80 bits per heavy atom. The number of hydrogen-bond donors (Lipinski definition) is 1. The van der Waals surface area contributed by atoms with Crippen molar-refractivity contribution in [2.45, 2.75) is 90.6 Å². The number of amides is 2.